The van der Waals surface area contributed by atoms with Crippen LogP contribution in [0.3, 0.4) is 0 Å². The summed E-state index contributed by atoms with van der Waals surface area (Å²) >= 11 is 0. The highest BCUT2D eigenvalue weighted by Crippen LogP contribution is 2.31. The summed E-state index contributed by atoms with van der Waals surface area (Å²) in [6, 6.07) is 0. The van der Waals surface area contributed by atoms with Crippen LogP contribution in [-0.4, -0.2) is 22.9 Å². The standard InChI is InChI=1S/C10H11N3O3/c11-9(14)6-3-13-4-7(10(12)15)8(6)16-5-1-2-5/h3-5H,1-2H2,(H2,11,14)(H2,12,15). The Bertz CT molecular complexity index is 422. The Balaban J connectivity index is 2.47. The van der Waals surface area contributed by atoms with E-state index in [2.05, 4.69) is 4.98 Å². The number of primary amides is 2. The number of nitrogens with zero attached hydrogens (tertiary/aromatic N) is 1. The fourth-order valence-electron chi connectivity index (χ4n) is 1.28. The van der Waals surface area contributed by atoms with Gasteiger partial charge in [0.15, 0.2) is 0 Å². The molecule has 1 fully saturated rings. The van der Waals surface area contributed by atoms with E-state index in [9.17, 15) is 9.59 Å². The van der Waals surface area contributed by atoms with E-state index in [-0.39, 0.29) is 23.0 Å². The molecule has 1 aromatic heterocycles. The van der Waals surface area contributed by atoms with Crippen molar-refractivity contribution in [3.05, 3.63) is 23.5 Å². The van der Waals surface area contributed by atoms with Crippen LogP contribution in [0.5, 0.6) is 5.75 Å². The van der Waals surface area contributed by atoms with Crippen molar-refractivity contribution in [3.63, 3.8) is 0 Å². The van der Waals surface area contributed by atoms with Crippen molar-refractivity contribution in [1.82, 2.24) is 4.98 Å². The lowest BCUT2D eigenvalue weighted by atomic mass is 10.1. The summed E-state index contributed by atoms with van der Waals surface area (Å²) < 4.78 is 5.47. The first kappa shape index (κ1) is 10.4. The first-order chi connectivity index (χ1) is 7.59. The molecule has 2 rings (SSSR count). The zero-order chi connectivity index (χ0) is 11.7. The maximum atomic E-state index is 11.1. The van der Waals surface area contributed by atoms with E-state index in [4.69, 9.17) is 16.2 Å². The molecule has 1 aliphatic carbocycles. The van der Waals surface area contributed by atoms with Gasteiger partial charge in [-0.05, 0) is 12.8 Å². The summed E-state index contributed by atoms with van der Waals surface area (Å²) in [5, 5.41) is 0. The molecule has 0 aromatic carbocycles. The third kappa shape index (κ3) is 1.95. The van der Waals surface area contributed by atoms with Gasteiger partial charge in [-0.15, -0.1) is 0 Å². The highest BCUT2D eigenvalue weighted by atomic mass is 16.5. The van der Waals surface area contributed by atoms with E-state index in [1.807, 2.05) is 0 Å². The van der Waals surface area contributed by atoms with Gasteiger partial charge in [0.2, 0.25) is 0 Å². The number of carbonyl (C=O) groups is 2. The lowest BCUT2D eigenvalue weighted by Gasteiger charge is -2.11. The van der Waals surface area contributed by atoms with Crippen molar-refractivity contribution in [1.29, 1.82) is 0 Å². The average Bonchev–Trinajstić information content (AvgIpc) is 3.01. The summed E-state index contributed by atoms with van der Waals surface area (Å²) in [6.07, 6.45) is 4.38. The molecular weight excluding hydrogens is 210 g/mol. The summed E-state index contributed by atoms with van der Waals surface area (Å²) in [5.74, 6) is -1.23. The van der Waals surface area contributed by atoms with Crippen LogP contribution in [0.15, 0.2) is 12.4 Å². The molecule has 6 nitrogen and oxygen atoms in total. The molecule has 0 atom stereocenters. The van der Waals surface area contributed by atoms with Crippen LogP contribution >= 0.6 is 0 Å². The van der Waals surface area contributed by atoms with Crippen LogP contribution in [0.4, 0.5) is 0 Å². The first-order valence-electron chi connectivity index (χ1n) is 4.84. The largest absolute Gasteiger partial charge is 0.489 e. The summed E-state index contributed by atoms with van der Waals surface area (Å²) in [6.45, 7) is 0. The molecule has 84 valence electrons. The highest BCUT2D eigenvalue weighted by molar-refractivity contribution is 6.02. The van der Waals surface area contributed by atoms with Gasteiger partial charge in [-0.2, -0.15) is 0 Å². The summed E-state index contributed by atoms with van der Waals surface area (Å²) in [7, 11) is 0. The van der Waals surface area contributed by atoms with E-state index in [0.29, 0.717) is 0 Å². The molecule has 2 amide bonds. The van der Waals surface area contributed by atoms with Crippen LogP contribution < -0.4 is 16.2 Å². The Labute approximate surface area is 91.6 Å². The van der Waals surface area contributed by atoms with Gasteiger partial charge >= 0.3 is 0 Å². The van der Waals surface area contributed by atoms with E-state index >= 15 is 0 Å². The van der Waals surface area contributed by atoms with Crippen LogP contribution in [0.25, 0.3) is 0 Å². The predicted octanol–water partition coefficient (Wildman–Crippen LogP) is -0.179. The van der Waals surface area contributed by atoms with Gasteiger partial charge < -0.3 is 16.2 Å². The lowest BCUT2D eigenvalue weighted by molar-refractivity contribution is 0.0992. The van der Waals surface area contributed by atoms with E-state index in [1.165, 1.54) is 12.4 Å². The molecule has 0 unspecified atom stereocenters. The Morgan fingerprint density at radius 1 is 1.19 bits per heavy atom. The monoisotopic (exact) mass is 221 g/mol. The van der Waals surface area contributed by atoms with E-state index in [1.54, 1.807) is 0 Å². The zero-order valence-corrected chi connectivity index (χ0v) is 8.47. The van der Waals surface area contributed by atoms with Crippen molar-refractivity contribution < 1.29 is 14.3 Å². The minimum Gasteiger partial charge on any atom is -0.489 e. The first-order valence-corrected chi connectivity index (χ1v) is 4.84. The van der Waals surface area contributed by atoms with Gasteiger partial charge in [-0.1, -0.05) is 0 Å². The van der Waals surface area contributed by atoms with Crippen LogP contribution in [0.1, 0.15) is 33.6 Å². The minimum absolute atomic E-state index is 0.0404. The number of rotatable bonds is 4. The Morgan fingerprint density at radius 3 is 2.06 bits per heavy atom. The molecule has 0 radical (unpaired) electrons. The second-order valence-corrected chi connectivity index (χ2v) is 3.61. The zero-order valence-electron chi connectivity index (χ0n) is 8.47. The summed E-state index contributed by atoms with van der Waals surface area (Å²) in [4.78, 5) is 26.0. The maximum Gasteiger partial charge on any atom is 0.254 e. The Hall–Kier alpha value is -2.11. The molecule has 0 bridgehead atoms. The molecular formula is C10H11N3O3. The number of hydrogen-bond donors (Lipinski definition) is 2. The number of pyridine rings is 1. The van der Waals surface area contributed by atoms with Gasteiger partial charge in [-0.25, -0.2) is 0 Å². The SMILES string of the molecule is NC(=O)c1cncc(C(N)=O)c1OC1CC1. The second-order valence-electron chi connectivity index (χ2n) is 3.61. The number of ether oxygens (including phenoxy) is 1. The smallest absolute Gasteiger partial charge is 0.254 e. The summed E-state index contributed by atoms with van der Waals surface area (Å²) in [5.41, 5.74) is 10.5. The molecule has 1 heterocycles. The van der Waals surface area contributed by atoms with Crippen molar-refractivity contribution in [3.8, 4) is 5.75 Å². The lowest BCUT2D eigenvalue weighted by Crippen LogP contribution is -2.19. The Morgan fingerprint density at radius 2 is 1.69 bits per heavy atom. The van der Waals surface area contributed by atoms with Gasteiger partial charge in [-0.3, -0.25) is 14.6 Å². The van der Waals surface area contributed by atoms with Gasteiger partial charge in [0.1, 0.15) is 16.9 Å². The second kappa shape index (κ2) is 3.80. The van der Waals surface area contributed by atoms with Crippen molar-refractivity contribution in [2.45, 2.75) is 18.9 Å². The molecule has 0 saturated heterocycles. The molecule has 1 aromatic rings. The molecule has 6 heteroatoms. The molecule has 1 aliphatic rings. The fourth-order valence-corrected chi connectivity index (χ4v) is 1.28. The van der Waals surface area contributed by atoms with Crippen LogP contribution in [0.2, 0.25) is 0 Å². The topological polar surface area (TPSA) is 108 Å². The molecule has 1 saturated carbocycles. The fraction of sp³-hybridized carbons (Fsp3) is 0.300. The Kier molecular flexibility index (Phi) is 2.47. The van der Waals surface area contributed by atoms with Crippen LogP contribution in [-0.2, 0) is 0 Å². The van der Waals surface area contributed by atoms with Gasteiger partial charge in [0, 0.05) is 12.4 Å². The van der Waals surface area contributed by atoms with Gasteiger partial charge in [0.05, 0.1) is 6.10 Å². The number of aromatic nitrogens is 1. The molecule has 0 aliphatic heterocycles. The molecule has 16 heavy (non-hydrogen) atoms. The number of amides is 2. The third-order valence-electron chi connectivity index (χ3n) is 2.24. The van der Waals surface area contributed by atoms with Crippen molar-refractivity contribution in [2.24, 2.45) is 11.5 Å². The van der Waals surface area contributed by atoms with Crippen molar-refractivity contribution in [2.75, 3.05) is 0 Å². The predicted molar refractivity (Wildman–Crippen MR) is 54.9 cm³/mol. The van der Waals surface area contributed by atoms with E-state index < -0.39 is 11.8 Å². The van der Waals surface area contributed by atoms with Crippen molar-refractivity contribution >= 4 is 11.8 Å². The minimum atomic E-state index is -0.689. The molecule has 0 spiro atoms. The normalized spacial score (nSPS) is 14.5. The third-order valence-corrected chi connectivity index (χ3v) is 2.24. The van der Waals surface area contributed by atoms with Crippen LogP contribution in [0, 0.1) is 0 Å². The maximum absolute atomic E-state index is 11.1. The number of carbonyl (C=O) groups excluding carboxylic acids is 2. The number of hydrogen-bond acceptors (Lipinski definition) is 4. The quantitative estimate of drug-likeness (QED) is 0.735. The average molecular weight is 221 g/mol. The van der Waals surface area contributed by atoms with E-state index in [0.717, 1.165) is 12.8 Å². The highest BCUT2D eigenvalue weighted by Gasteiger charge is 2.28. The number of nitrogens with two attached hydrogens (primary N) is 2. The molecule has 4 N–H and O–H groups in total. The van der Waals surface area contributed by atoms with Gasteiger partial charge in [0.25, 0.3) is 11.8 Å².